The molecule has 1 saturated heterocycles. The van der Waals surface area contributed by atoms with Gasteiger partial charge in [0.2, 0.25) is 0 Å². The van der Waals surface area contributed by atoms with Crippen LogP contribution in [0, 0.1) is 0 Å². The highest BCUT2D eigenvalue weighted by molar-refractivity contribution is 8.00. The molecule has 6 nitrogen and oxygen atoms in total. The van der Waals surface area contributed by atoms with Gasteiger partial charge in [-0.1, -0.05) is 6.07 Å². The van der Waals surface area contributed by atoms with E-state index in [1.54, 1.807) is 14.2 Å². The summed E-state index contributed by atoms with van der Waals surface area (Å²) in [7, 11) is 3.28. The Labute approximate surface area is 161 Å². The number of methoxy groups -OCH3 is 2. The maximum atomic E-state index is 5.52. The van der Waals surface area contributed by atoms with Gasteiger partial charge in [-0.25, -0.2) is 4.99 Å². The van der Waals surface area contributed by atoms with Crippen LogP contribution in [-0.4, -0.2) is 57.5 Å². The van der Waals surface area contributed by atoms with Crippen LogP contribution in [0.25, 0.3) is 0 Å². The number of hydrogen-bond donors (Lipinski definition) is 2. The van der Waals surface area contributed by atoms with Crippen molar-refractivity contribution < 1.29 is 14.2 Å². The van der Waals surface area contributed by atoms with Crippen LogP contribution in [0.15, 0.2) is 23.2 Å². The van der Waals surface area contributed by atoms with Crippen LogP contribution in [0.4, 0.5) is 0 Å². The molecule has 146 valence electrons. The van der Waals surface area contributed by atoms with Crippen LogP contribution < -0.4 is 20.1 Å². The Morgan fingerprint density at radius 3 is 2.54 bits per heavy atom. The highest BCUT2D eigenvalue weighted by Crippen LogP contribution is 2.33. The lowest BCUT2D eigenvalue weighted by atomic mass is 9.99. The maximum Gasteiger partial charge on any atom is 0.191 e. The number of ether oxygens (including phenoxy) is 3. The minimum absolute atomic E-state index is 0.220. The molecular formula is C19H31N3O3S. The van der Waals surface area contributed by atoms with E-state index in [0.29, 0.717) is 6.54 Å². The van der Waals surface area contributed by atoms with Gasteiger partial charge in [-0.2, -0.15) is 11.8 Å². The second-order valence-corrected chi connectivity index (χ2v) is 7.51. The molecule has 0 radical (unpaired) electrons. The van der Waals surface area contributed by atoms with Gasteiger partial charge in [0.1, 0.15) is 0 Å². The molecule has 0 aromatic heterocycles. The minimum Gasteiger partial charge on any atom is -0.493 e. The average molecular weight is 382 g/mol. The van der Waals surface area contributed by atoms with E-state index >= 15 is 0 Å². The molecule has 7 heteroatoms. The van der Waals surface area contributed by atoms with Crippen molar-refractivity contribution >= 4 is 17.7 Å². The van der Waals surface area contributed by atoms with Crippen molar-refractivity contribution in [1.82, 2.24) is 10.6 Å². The Bertz CT molecular complexity index is 589. The number of hydrogen-bond acceptors (Lipinski definition) is 5. The van der Waals surface area contributed by atoms with Crippen molar-refractivity contribution in [2.75, 3.05) is 46.8 Å². The van der Waals surface area contributed by atoms with Gasteiger partial charge in [0.15, 0.2) is 17.5 Å². The molecule has 0 atom stereocenters. The summed E-state index contributed by atoms with van der Waals surface area (Å²) >= 11 is 1.92. The van der Waals surface area contributed by atoms with Gasteiger partial charge >= 0.3 is 0 Å². The van der Waals surface area contributed by atoms with Gasteiger partial charge in [0.25, 0.3) is 0 Å². The lowest BCUT2D eigenvalue weighted by Gasteiger charge is -2.36. The van der Waals surface area contributed by atoms with Crippen LogP contribution in [0.2, 0.25) is 0 Å². The Morgan fingerprint density at radius 1 is 1.19 bits per heavy atom. The zero-order chi connectivity index (χ0) is 18.8. The van der Waals surface area contributed by atoms with Gasteiger partial charge < -0.3 is 24.8 Å². The first-order valence-corrected chi connectivity index (χ1v) is 10.2. The number of thioether (sulfide) groups is 1. The lowest BCUT2D eigenvalue weighted by molar-refractivity contribution is 0.0783. The summed E-state index contributed by atoms with van der Waals surface area (Å²) < 4.78 is 16.4. The van der Waals surface area contributed by atoms with Gasteiger partial charge in [-0.15, -0.1) is 0 Å². The first kappa shape index (κ1) is 20.7. The maximum absolute atomic E-state index is 5.52. The van der Waals surface area contributed by atoms with Crippen molar-refractivity contribution in [3.63, 3.8) is 0 Å². The fourth-order valence-corrected chi connectivity index (χ4v) is 3.72. The fourth-order valence-electron chi connectivity index (χ4n) is 2.93. The van der Waals surface area contributed by atoms with Crippen LogP contribution in [0.3, 0.4) is 0 Å². The van der Waals surface area contributed by atoms with Gasteiger partial charge in [0.05, 0.1) is 20.8 Å². The number of nitrogens with one attached hydrogen (secondary N) is 2. The summed E-state index contributed by atoms with van der Waals surface area (Å²) in [4.78, 5) is 4.72. The van der Waals surface area contributed by atoms with E-state index in [0.717, 1.165) is 62.2 Å². The molecule has 0 saturated carbocycles. The summed E-state index contributed by atoms with van der Waals surface area (Å²) in [6.45, 7) is 6.03. The largest absolute Gasteiger partial charge is 0.493 e. The van der Waals surface area contributed by atoms with E-state index in [2.05, 4.69) is 23.8 Å². The quantitative estimate of drug-likeness (QED) is 0.533. The zero-order valence-corrected chi connectivity index (χ0v) is 17.1. The van der Waals surface area contributed by atoms with E-state index in [1.165, 1.54) is 0 Å². The summed E-state index contributed by atoms with van der Waals surface area (Å²) in [6.07, 6.45) is 4.31. The summed E-state index contributed by atoms with van der Waals surface area (Å²) in [5, 5.41) is 6.84. The molecule has 2 rings (SSSR count). The topological polar surface area (TPSA) is 64.1 Å². The van der Waals surface area contributed by atoms with E-state index < -0.39 is 0 Å². The lowest BCUT2D eigenvalue weighted by Crippen LogP contribution is -2.47. The van der Waals surface area contributed by atoms with Crippen LogP contribution in [0.5, 0.6) is 11.5 Å². The first-order chi connectivity index (χ1) is 12.7. The highest BCUT2D eigenvalue weighted by Gasteiger charge is 2.31. The normalized spacial score (nSPS) is 16.8. The molecular weight excluding hydrogens is 350 g/mol. The average Bonchev–Trinajstić information content (AvgIpc) is 2.70. The van der Waals surface area contributed by atoms with Crippen LogP contribution in [0.1, 0.15) is 25.3 Å². The Hall–Kier alpha value is -1.60. The SMILES string of the molecule is CCNC(=NCc1ccc(OC)c(OC)c1)NCC1(SC)CCOCC1. The third kappa shape index (κ3) is 5.71. The predicted octanol–water partition coefficient (Wildman–Crippen LogP) is 2.67. The molecule has 1 heterocycles. The molecule has 1 aliphatic heterocycles. The highest BCUT2D eigenvalue weighted by atomic mass is 32.2. The van der Waals surface area contributed by atoms with Crippen LogP contribution >= 0.6 is 11.8 Å². The fraction of sp³-hybridized carbons (Fsp3) is 0.632. The monoisotopic (exact) mass is 381 g/mol. The third-order valence-electron chi connectivity index (χ3n) is 4.63. The zero-order valence-electron chi connectivity index (χ0n) is 16.3. The molecule has 0 amide bonds. The Morgan fingerprint density at radius 2 is 1.92 bits per heavy atom. The molecule has 26 heavy (non-hydrogen) atoms. The molecule has 2 N–H and O–H groups in total. The predicted molar refractivity (Wildman–Crippen MR) is 109 cm³/mol. The molecule has 1 aromatic carbocycles. The molecule has 1 aromatic rings. The molecule has 1 fully saturated rings. The second-order valence-electron chi connectivity index (χ2n) is 6.24. The number of nitrogens with zero attached hydrogens (tertiary/aromatic N) is 1. The first-order valence-electron chi connectivity index (χ1n) is 9.02. The van der Waals surface area contributed by atoms with E-state index in [4.69, 9.17) is 19.2 Å². The van der Waals surface area contributed by atoms with E-state index in [1.807, 2.05) is 30.0 Å². The second kappa shape index (κ2) is 10.5. The number of rotatable bonds is 8. The van der Waals surface area contributed by atoms with Crippen molar-refractivity contribution in [3.8, 4) is 11.5 Å². The van der Waals surface area contributed by atoms with Gasteiger partial charge in [0, 0.05) is 31.1 Å². The van der Waals surface area contributed by atoms with E-state index in [-0.39, 0.29) is 4.75 Å². The van der Waals surface area contributed by atoms with Crippen molar-refractivity contribution in [2.45, 2.75) is 31.1 Å². The smallest absolute Gasteiger partial charge is 0.191 e. The Kier molecular flexibility index (Phi) is 8.38. The summed E-state index contributed by atoms with van der Waals surface area (Å²) in [5.74, 6) is 2.29. The number of aliphatic imine (C=N–C) groups is 1. The molecule has 0 bridgehead atoms. The third-order valence-corrected chi connectivity index (χ3v) is 6.05. The van der Waals surface area contributed by atoms with Crippen molar-refractivity contribution in [2.24, 2.45) is 4.99 Å². The minimum atomic E-state index is 0.220. The molecule has 0 spiro atoms. The van der Waals surface area contributed by atoms with Crippen molar-refractivity contribution in [3.05, 3.63) is 23.8 Å². The van der Waals surface area contributed by atoms with Crippen molar-refractivity contribution in [1.29, 1.82) is 0 Å². The summed E-state index contributed by atoms with van der Waals surface area (Å²) in [6, 6.07) is 5.89. The number of guanidine groups is 1. The molecule has 0 unspecified atom stereocenters. The van der Waals surface area contributed by atoms with E-state index in [9.17, 15) is 0 Å². The van der Waals surface area contributed by atoms with Crippen LogP contribution in [-0.2, 0) is 11.3 Å². The Balaban J connectivity index is 2.01. The molecule has 1 aliphatic rings. The standard InChI is InChI=1S/C19H31N3O3S/c1-5-20-18(22-14-19(26-4)8-10-25-11-9-19)21-13-15-6-7-16(23-2)17(12-15)24-3/h6-7,12H,5,8-11,13-14H2,1-4H3,(H2,20,21,22). The summed E-state index contributed by atoms with van der Waals surface area (Å²) in [5.41, 5.74) is 1.07. The van der Waals surface area contributed by atoms with Gasteiger partial charge in [-0.05, 0) is 43.7 Å². The number of benzene rings is 1. The van der Waals surface area contributed by atoms with Gasteiger partial charge in [-0.3, -0.25) is 0 Å². The molecule has 0 aliphatic carbocycles.